The average molecular weight is 618 g/mol. The predicted octanol–water partition coefficient (Wildman–Crippen LogP) is 4.32. The Morgan fingerprint density at radius 1 is 1.02 bits per heavy atom. The zero-order valence-corrected chi connectivity index (χ0v) is 24.9. The second-order valence-corrected chi connectivity index (χ2v) is 11.8. The molecule has 13 heteroatoms. The number of anilines is 1. The van der Waals surface area contributed by atoms with Crippen LogP contribution in [0.3, 0.4) is 0 Å². The maximum Gasteiger partial charge on any atom is 0.305 e. The third-order valence-electron chi connectivity index (χ3n) is 6.72. The fourth-order valence-corrected chi connectivity index (χ4v) is 6.70. The molecule has 1 aliphatic carbocycles. The zero-order chi connectivity index (χ0) is 30.0. The van der Waals surface area contributed by atoms with Crippen molar-refractivity contribution in [3.63, 3.8) is 0 Å². The molecule has 5 rings (SSSR count). The van der Waals surface area contributed by atoms with Crippen LogP contribution in [0.5, 0.6) is 0 Å². The van der Waals surface area contributed by atoms with Gasteiger partial charge in [-0.2, -0.15) is 5.10 Å². The molecule has 0 radical (unpaired) electrons. The largest absolute Gasteiger partial charge is 0.481 e. The van der Waals surface area contributed by atoms with E-state index in [1.54, 1.807) is 41.8 Å². The fraction of sp³-hybridized carbons (Fsp3) is 0.267. The van der Waals surface area contributed by atoms with Crippen LogP contribution < -0.4 is 16.2 Å². The standard InChI is InChI=1S/C30H31N7O4S2/c38-26(34-32-18-20-9-3-1-4-10-20)19-42-30-35-33-25(37(30)36-28(41)21-11-5-2-6-12-21)17-23-22-13-7-8-14-24(22)43-29(23)31-16-15-27(39)40/h1-6,9-12,18,31H,7-8,13-17,19H2,(H,34,38)(H,36,41)(H,39,40)/b32-18+. The number of hydrogen-bond acceptors (Lipinski definition) is 9. The van der Waals surface area contributed by atoms with E-state index < -0.39 is 5.97 Å². The van der Waals surface area contributed by atoms with Gasteiger partial charge in [0, 0.05) is 23.4 Å². The summed E-state index contributed by atoms with van der Waals surface area (Å²) < 4.78 is 1.54. The van der Waals surface area contributed by atoms with E-state index in [0.717, 1.165) is 53.6 Å². The van der Waals surface area contributed by atoms with E-state index in [0.29, 0.717) is 29.5 Å². The van der Waals surface area contributed by atoms with E-state index in [2.05, 4.69) is 31.5 Å². The Labute approximate surface area is 256 Å². The summed E-state index contributed by atoms with van der Waals surface area (Å²) in [5.41, 5.74) is 9.04. The number of fused-ring (bicyclic) bond motifs is 1. The van der Waals surface area contributed by atoms with Gasteiger partial charge in [-0.05, 0) is 54.5 Å². The minimum absolute atomic E-state index is 0.00130. The number of carbonyl (C=O) groups excluding carboxylic acids is 2. The highest BCUT2D eigenvalue weighted by Gasteiger charge is 2.24. The van der Waals surface area contributed by atoms with Crippen LogP contribution in [-0.2, 0) is 28.9 Å². The van der Waals surface area contributed by atoms with Crippen LogP contribution in [0.4, 0.5) is 5.00 Å². The van der Waals surface area contributed by atoms with Crippen LogP contribution >= 0.6 is 23.1 Å². The molecule has 0 saturated carbocycles. The van der Waals surface area contributed by atoms with Gasteiger partial charge in [0.1, 0.15) is 0 Å². The average Bonchev–Trinajstić information content (AvgIpc) is 3.57. The molecule has 2 amide bonds. The number of thioether (sulfide) groups is 1. The molecule has 0 spiro atoms. The molecule has 2 aromatic carbocycles. The smallest absolute Gasteiger partial charge is 0.305 e. The van der Waals surface area contributed by atoms with Crippen molar-refractivity contribution in [1.82, 2.24) is 20.3 Å². The summed E-state index contributed by atoms with van der Waals surface area (Å²) in [5, 5.41) is 26.5. The number of hydrogen-bond donors (Lipinski definition) is 4. The third kappa shape index (κ3) is 8.08. The van der Waals surface area contributed by atoms with Crippen molar-refractivity contribution in [3.8, 4) is 0 Å². The summed E-state index contributed by atoms with van der Waals surface area (Å²) in [4.78, 5) is 38.1. The molecule has 43 heavy (non-hydrogen) atoms. The molecule has 4 aromatic rings. The topological polar surface area (TPSA) is 151 Å². The zero-order valence-electron chi connectivity index (χ0n) is 23.3. The van der Waals surface area contributed by atoms with Gasteiger partial charge in [0.25, 0.3) is 11.8 Å². The van der Waals surface area contributed by atoms with Crippen molar-refractivity contribution in [2.45, 2.75) is 43.7 Å². The van der Waals surface area contributed by atoms with Crippen LogP contribution in [-0.4, -0.2) is 56.3 Å². The molecule has 0 atom stereocenters. The lowest BCUT2D eigenvalue weighted by Gasteiger charge is -2.15. The maximum atomic E-state index is 13.2. The van der Waals surface area contributed by atoms with Gasteiger partial charge >= 0.3 is 5.97 Å². The number of aromatic nitrogens is 3. The van der Waals surface area contributed by atoms with Crippen LogP contribution in [0.2, 0.25) is 0 Å². The number of nitrogens with one attached hydrogen (secondary N) is 3. The highest BCUT2D eigenvalue weighted by Crippen LogP contribution is 2.39. The van der Waals surface area contributed by atoms with Gasteiger partial charge in [-0.3, -0.25) is 19.8 Å². The first kappa shape index (κ1) is 30.0. The Morgan fingerprint density at radius 3 is 2.53 bits per heavy atom. The van der Waals surface area contributed by atoms with Crippen LogP contribution in [0.25, 0.3) is 0 Å². The molecule has 0 bridgehead atoms. The number of benzene rings is 2. The minimum Gasteiger partial charge on any atom is -0.481 e. The molecular formula is C30H31N7O4S2. The van der Waals surface area contributed by atoms with Gasteiger partial charge in [0.05, 0.1) is 23.4 Å². The maximum absolute atomic E-state index is 13.2. The molecule has 0 fully saturated rings. The molecule has 11 nitrogen and oxygen atoms in total. The van der Waals surface area contributed by atoms with Gasteiger partial charge in [0.2, 0.25) is 5.16 Å². The lowest BCUT2D eigenvalue weighted by atomic mass is 9.94. The summed E-state index contributed by atoms with van der Waals surface area (Å²) in [5.74, 6) is -1.04. The highest BCUT2D eigenvalue weighted by atomic mass is 32.2. The van der Waals surface area contributed by atoms with Crippen LogP contribution in [0.15, 0.2) is 70.9 Å². The van der Waals surface area contributed by atoms with Crippen LogP contribution in [0.1, 0.15) is 57.0 Å². The number of aliphatic carboxylic acids is 1. The Hall–Kier alpha value is -4.49. The molecule has 0 saturated heterocycles. The predicted molar refractivity (Wildman–Crippen MR) is 168 cm³/mol. The monoisotopic (exact) mass is 617 g/mol. The second kappa shape index (κ2) is 14.6. The van der Waals surface area contributed by atoms with E-state index in [1.807, 2.05) is 36.4 Å². The number of rotatable bonds is 13. The number of aryl methyl sites for hydroxylation is 1. The summed E-state index contributed by atoms with van der Waals surface area (Å²) in [6, 6.07) is 18.2. The molecular weight excluding hydrogens is 587 g/mol. The number of carboxylic acid groups (broad SMARTS) is 1. The third-order valence-corrected chi connectivity index (χ3v) is 8.95. The van der Waals surface area contributed by atoms with Crippen molar-refractivity contribution in [3.05, 3.63) is 93.6 Å². The summed E-state index contributed by atoms with van der Waals surface area (Å²) in [7, 11) is 0. The SMILES string of the molecule is O=C(O)CCNc1sc2c(c1Cc1nnc(SCC(=O)N/N=C/c3ccccc3)n1NC(=O)c1ccccc1)CCCC2. The lowest BCUT2D eigenvalue weighted by Crippen LogP contribution is -2.26. The van der Waals surface area contributed by atoms with Crippen molar-refractivity contribution >= 4 is 52.1 Å². The fourth-order valence-electron chi connectivity index (χ4n) is 4.66. The molecule has 0 aliphatic heterocycles. The summed E-state index contributed by atoms with van der Waals surface area (Å²) in [6.07, 6.45) is 6.04. The molecule has 2 heterocycles. The van der Waals surface area contributed by atoms with E-state index >= 15 is 0 Å². The lowest BCUT2D eigenvalue weighted by molar-refractivity contribution is -0.136. The normalized spacial score (nSPS) is 12.6. The molecule has 4 N–H and O–H groups in total. The number of carboxylic acids is 1. The van der Waals surface area contributed by atoms with Crippen molar-refractivity contribution in [2.75, 3.05) is 23.0 Å². The Morgan fingerprint density at radius 2 is 1.77 bits per heavy atom. The summed E-state index contributed by atoms with van der Waals surface area (Å²) in [6.45, 7) is 0.308. The minimum atomic E-state index is -0.866. The van der Waals surface area contributed by atoms with Crippen molar-refractivity contribution in [2.24, 2.45) is 5.10 Å². The first-order chi connectivity index (χ1) is 21.0. The van der Waals surface area contributed by atoms with E-state index in [-0.39, 0.29) is 24.0 Å². The molecule has 0 unspecified atom stereocenters. The van der Waals surface area contributed by atoms with Crippen LogP contribution in [0, 0.1) is 0 Å². The molecule has 1 aliphatic rings. The van der Waals surface area contributed by atoms with Crippen molar-refractivity contribution in [1.29, 1.82) is 0 Å². The number of hydrazone groups is 1. The Balaban J connectivity index is 1.36. The van der Waals surface area contributed by atoms with E-state index in [9.17, 15) is 14.4 Å². The van der Waals surface area contributed by atoms with E-state index in [1.165, 1.54) is 15.1 Å². The number of thiophene rings is 1. The number of carbonyl (C=O) groups is 3. The summed E-state index contributed by atoms with van der Waals surface area (Å²) >= 11 is 2.79. The molecule has 222 valence electrons. The number of nitrogens with zero attached hydrogens (tertiary/aromatic N) is 4. The number of amides is 2. The van der Waals surface area contributed by atoms with Gasteiger partial charge in [-0.1, -0.05) is 60.3 Å². The quantitative estimate of drug-likeness (QED) is 0.0984. The van der Waals surface area contributed by atoms with Crippen molar-refractivity contribution < 1.29 is 19.5 Å². The van der Waals surface area contributed by atoms with Gasteiger partial charge < -0.3 is 10.4 Å². The Bertz CT molecular complexity index is 1600. The first-order valence-electron chi connectivity index (χ1n) is 13.9. The van der Waals surface area contributed by atoms with Gasteiger partial charge in [0.15, 0.2) is 5.82 Å². The Kier molecular flexibility index (Phi) is 10.2. The van der Waals surface area contributed by atoms with Gasteiger partial charge in [-0.25, -0.2) is 10.1 Å². The van der Waals surface area contributed by atoms with Gasteiger partial charge in [-0.15, -0.1) is 21.5 Å². The van der Waals surface area contributed by atoms with E-state index in [4.69, 9.17) is 5.11 Å². The highest BCUT2D eigenvalue weighted by molar-refractivity contribution is 7.99. The molecule has 2 aromatic heterocycles. The first-order valence-corrected chi connectivity index (χ1v) is 15.7. The second-order valence-electron chi connectivity index (χ2n) is 9.80.